The molecule has 1 saturated carbocycles. The summed E-state index contributed by atoms with van der Waals surface area (Å²) in [5, 5.41) is 7.75. The first-order valence-electron chi connectivity index (χ1n) is 8.62. The smallest absolute Gasteiger partial charge is 0.119 e. The molecular formula is C16H29N5O. The lowest BCUT2D eigenvalue weighted by molar-refractivity contribution is -0.0485. The van der Waals surface area contributed by atoms with Gasteiger partial charge in [-0.2, -0.15) is 0 Å². The van der Waals surface area contributed by atoms with Crippen LogP contribution in [-0.2, 0) is 11.3 Å². The summed E-state index contributed by atoms with van der Waals surface area (Å²) in [4.78, 5) is 5.20. The molecule has 1 aliphatic carbocycles. The number of likely N-dealkylation sites (N-methyl/N-ethyl adjacent to an activating group) is 1. The summed E-state index contributed by atoms with van der Waals surface area (Å²) in [5.41, 5.74) is 0.365. The van der Waals surface area contributed by atoms with Crippen molar-refractivity contribution in [2.75, 3.05) is 46.4 Å². The van der Waals surface area contributed by atoms with Gasteiger partial charge in [0.25, 0.3) is 0 Å². The number of nitrogens with zero attached hydrogens (tertiary/aromatic N) is 5. The van der Waals surface area contributed by atoms with Gasteiger partial charge in [0, 0.05) is 38.3 Å². The first-order valence-corrected chi connectivity index (χ1v) is 8.62. The Balaban J connectivity index is 1.58. The van der Waals surface area contributed by atoms with E-state index in [0.29, 0.717) is 5.54 Å². The van der Waals surface area contributed by atoms with Crippen molar-refractivity contribution in [2.24, 2.45) is 0 Å². The Kier molecular flexibility index (Phi) is 5.44. The zero-order valence-corrected chi connectivity index (χ0v) is 13.8. The highest BCUT2D eigenvalue weighted by Crippen LogP contribution is 2.34. The Morgan fingerprint density at radius 1 is 1.09 bits per heavy atom. The van der Waals surface area contributed by atoms with Crippen molar-refractivity contribution in [1.29, 1.82) is 0 Å². The third-order valence-electron chi connectivity index (χ3n) is 5.24. The maximum atomic E-state index is 5.56. The zero-order valence-electron chi connectivity index (χ0n) is 13.8. The molecule has 6 heteroatoms. The average Bonchev–Trinajstić information content (AvgIpc) is 3.08. The number of morpholine rings is 1. The second-order valence-electron chi connectivity index (χ2n) is 6.82. The van der Waals surface area contributed by atoms with Crippen LogP contribution in [0.3, 0.4) is 0 Å². The van der Waals surface area contributed by atoms with Crippen molar-refractivity contribution >= 4 is 0 Å². The molecule has 1 aliphatic heterocycles. The van der Waals surface area contributed by atoms with E-state index in [1.54, 1.807) is 12.7 Å². The van der Waals surface area contributed by atoms with Crippen molar-refractivity contribution in [2.45, 2.75) is 44.2 Å². The van der Waals surface area contributed by atoms with Crippen LogP contribution in [0.5, 0.6) is 0 Å². The van der Waals surface area contributed by atoms with Crippen LogP contribution in [0.4, 0.5) is 0 Å². The SMILES string of the molecule is CN(CCn1cnnc1)CC1(N2CCOCC2)CCCCC1. The molecular weight excluding hydrogens is 278 g/mol. The fourth-order valence-corrected chi connectivity index (χ4v) is 4.03. The number of aromatic nitrogens is 3. The summed E-state index contributed by atoms with van der Waals surface area (Å²) < 4.78 is 7.62. The fourth-order valence-electron chi connectivity index (χ4n) is 4.03. The maximum absolute atomic E-state index is 5.56. The third-order valence-corrected chi connectivity index (χ3v) is 5.24. The molecule has 0 amide bonds. The van der Waals surface area contributed by atoms with Crippen LogP contribution in [0.15, 0.2) is 12.7 Å². The quantitative estimate of drug-likeness (QED) is 0.791. The summed E-state index contributed by atoms with van der Waals surface area (Å²) in [5.74, 6) is 0. The molecule has 2 heterocycles. The van der Waals surface area contributed by atoms with Gasteiger partial charge in [0.15, 0.2) is 0 Å². The van der Waals surface area contributed by atoms with Crippen molar-refractivity contribution < 1.29 is 4.74 Å². The van der Waals surface area contributed by atoms with Gasteiger partial charge in [-0.25, -0.2) is 0 Å². The number of ether oxygens (including phenoxy) is 1. The molecule has 0 bridgehead atoms. The minimum absolute atomic E-state index is 0.365. The second-order valence-corrected chi connectivity index (χ2v) is 6.82. The van der Waals surface area contributed by atoms with Crippen LogP contribution in [0, 0.1) is 0 Å². The molecule has 0 spiro atoms. The maximum Gasteiger partial charge on any atom is 0.119 e. The van der Waals surface area contributed by atoms with Crippen molar-refractivity contribution in [1.82, 2.24) is 24.6 Å². The van der Waals surface area contributed by atoms with Crippen LogP contribution in [0.2, 0.25) is 0 Å². The lowest BCUT2D eigenvalue weighted by Crippen LogP contribution is -2.59. The summed E-state index contributed by atoms with van der Waals surface area (Å²) in [6.07, 6.45) is 10.4. The molecule has 1 aromatic heterocycles. The minimum atomic E-state index is 0.365. The monoisotopic (exact) mass is 307 g/mol. The summed E-state index contributed by atoms with van der Waals surface area (Å²) in [6.45, 7) is 7.15. The molecule has 0 N–H and O–H groups in total. The fraction of sp³-hybridized carbons (Fsp3) is 0.875. The van der Waals surface area contributed by atoms with Gasteiger partial charge in [-0.05, 0) is 19.9 Å². The molecule has 124 valence electrons. The molecule has 3 rings (SSSR count). The van der Waals surface area contributed by atoms with Crippen LogP contribution in [0.1, 0.15) is 32.1 Å². The van der Waals surface area contributed by atoms with Gasteiger partial charge >= 0.3 is 0 Å². The van der Waals surface area contributed by atoms with E-state index >= 15 is 0 Å². The Labute approximate surface area is 133 Å². The number of hydrogen-bond donors (Lipinski definition) is 0. The highest BCUT2D eigenvalue weighted by molar-refractivity contribution is 4.96. The van der Waals surface area contributed by atoms with Crippen LogP contribution < -0.4 is 0 Å². The summed E-state index contributed by atoms with van der Waals surface area (Å²) >= 11 is 0. The van der Waals surface area contributed by atoms with Gasteiger partial charge < -0.3 is 14.2 Å². The first-order chi connectivity index (χ1) is 10.8. The highest BCUT2D eigenvalue weighted by atomic mass is 16.5. The highest BCUT2D eigenvalue weighted by Gasteiger charge is 2.39. The van der Waals surface area contributed by atoms with E-state index in [4.69, 9.17) is 4.74 Å². The van der Waals surface area contributed by atoms with Crippen molar-refractivity contribution in [3.05, 3.63) is 12.7 Å². The molecule has 2 fully saturated rings. The van der Waals surface area contributed by atoms with Crippen LogP contribution >= 0.6 is 0 Å². The molecule has 0 unspecified atom stereocenters. The molecule has 2 aliphatic rings. The van der Waals surface area contributed by atoms with E-state index in [1.165, 1.54) is 32.1 Å². The van der Waals surface area contributed by atoms with Crippen molar-refractivity contribution in [3.63, 3.8) is 0 Å². The van der Waals surface area contributed by atoms with E-state index in [-0.39, 0.29) is 0 Å². The molecule has 6 nitrogen and oxygen atoms in total. The van der Waals surface area contributed by atoms with E-state index in [2.05, 4.69) is 31.6 Å². The van der Waals surface area contributed by atoms with Gasteiger partial charge in [-0.1, -0.05) is 19.3 Å². The van der Waals surface area contributed by atoms with E-state index in [0.717, 1.165) is 45.9 Å². The molecule has 0 radical (unpaired) electrons. The van der Waals surface area contributed by atoms with E-state index in [1.807, 2.05) is 0 Å². The molecule has 0 atom stereocenters. The Morgan fingerprint density at radius 2 is 1.77 bits per heavy atom. The van der Waals surface area contributed by atoms with Crippen LogP contribution in [0.25, 0.3) is 0 Å². The predicted molar refractivity (Wildman–Crippen MR) is 85.7 cm³/mol. The van der Waals surface area contributed by atoms with Gasteiger partial charge in [-0.15, -0.1) is 10.2 Å². The van der Waals surface area contributed by atoms with Gasteiger partial charge in [0.2, 0.25) is 0 Å². The normalized spacial score (nSPS) is 23.0. The predicted octanol–water partition coefficient (Wildman–Crippen LogP) is 1.24. The summed E-state index contributed by atoms with van der Waals surface area (Å²) in [7, 11) is 2.25. The standard InChI is InChI=1S/C16H29N5O/c1-19(7-8-20-14-17-18-15-20)13-16(5-3-2-4-6-16)21-9-11-22-12-10-21/h14-15H,2-13H2,1H3. The van der Waals surface area contributed by atoms with Gasteiger partial charge in [0.1, 0.15) is 12.7 Å². The van der Waals surface area contributed by atoms with E-state index < -0.39 is 0 Å². The lowest BCUT2D eigenvalue weighted by atomic mass is 9.79. The minimum Gasteiger partial charge on any atom is -0.379 e. The second kappa shape index (κ2) is 7.53. The van der Waals surface area contributed by atoms with Crippen molar-refractivity contribution in [3.8, 4) is 0 Å². The molecule has 0 aromatic carbocycles. The van der Waals surface area contributed by atoms with Gasteiger partial charge in [-0.3, -0.25) is 4.90 Å². The Hall–Kier alpha value is -0.980. The topological polar surface area (TPSA) is 46.4 Å². The van der Waals surface area contributed by atoms with Crippen LogP contribution in [-0.4, -0.2) is 76.5 Å². The Bertz CT molecular complexity index is 424. The van der Waals surface area contributed by atoms with Gasteiger partial charge in [0.05, 0.1) is 13.2 Å². The molecule has 1 saturated heterocycles. The largest absolute Gasteiger partial charge is 0.379 e. The third kappa shape index (κ3) is 3.86. The average molecular weight is 307 g/mol. The molecule has 1 aromatic rings. The Morgan fingerprint density at radius 3 is 2.45 bits per heavy atom. The lowest BCUT2D eigenvalue weighted by Gasteiger charge is -2.49. The summed E-state index contributed by atoms with van der Waals surface area (Å²) in [6, 6.07) is 0. The molecule has 22 heavy (non-hydrogen) atoms. The number of hydrogen-bond acceptors (Lipinski definition) is 5. The zero-order chi connectivity index (χ0) is 15.3. The van der Waals surface area contributed by atoms with E-state index in [9.17, 15) is 0 Å². The number of rotatable bonds is 6. The first kappa shape index (κ1) is 15.9.